The molecule has 0 fully saturated rings. The van der Waals surface area contributed by atoms with E-state index in [4.69, 9.17) is 0 Å². The summed E-state index contributed by atoms with van der Waals surface area (Å²) in [7, 11) is 0. The van der Waals surface area contributed by atoms with Gasteiger partial charge in [0.05, 0.1) is 0 Å². The average molecular weight is 274 g/mol. The topological polar surface area (TPSA) is 17.1 Å². The van der Waals surface area contributed by atoms with E-state index in [0.717, 1.165) is 18.4 Å². The van der Waals surface area contributed by atoms with E-state index in [9.17, 15) is 4.79 Å². The first-order valence-electron chi connectivity index (χ1n) is 7.39. The van der Waals surface area contributed by atoms with Crippen LogP contribution in [-0.4, -0.2) is 5.78 Å². The summed E-state index contributed by atoms with van der Waals surface area (Å²) in [5, 5.41) is 2.57. The van der Waals surface area contributed by atoms with Gasteiger partial charge in [-0.15, -0.1) is 0 Å². The van der Waals surface area contributed by atoms with E-state index in [1.165, 1.54) is 16.3 Å². The summed E-state index contributed by atoms with van der Waals surface area (Å²) in [5.74, 6) is 0.232. The molecule has 0 bridgehead atoms. The third-order valence-corrected chi connectivity index (χ3v) is 3.83. The standard InChI is InChI=1S/C20H18O/c21-20(18-9-2-1-3-10-18)15-7-13-17-12-6-11-16-8-4-5-14-19(16)17/h1-6,8-12,14H,7,13,15H2. The lowest BCUT2D eigenvalue weighted by Crippen LogP contribution is -1.99. The van der Waals surface area contributed by atoms with Crippen LogP contribution in [0.15, 0.2) is 72.8 Å². The zero-order valence-electron chi connectivity index (χ0n) is 12.0. The monoisotopic (exact) mass is 274 g/mol. The van der Waals surface area contributed by atoms with E-state index < -0.39 is 0 Å². The molecule has 21 heavy (non-hydrogen) atoms. The number of ketones is 1. The van der Waals surface area contributed by atoms with Gasteiger partial charge in [0.25, 0.3) is 0 Å². The van der Waals surface area contributed by atoms with Gasteiger partial charge in [0.15, 0.2) is 5.78 Å². The van der Waals surface area contributed by atoms with Gasteiger partial charge < -0.3 is 0 Å². The number of hydrogen-bond acceptors (Lipinski definition) is 1. The Kier molecular flexibility index (Phi) is 4.11. The molecule has 104 valence electrons. The highest BCUT2D eigenvalue weighted by Crippen LogP contribution is 2.20. The van der Waals surface area contributed by atoms with Gasteiger partial charge in [0, 0.05) is 12.0 Å². The minimum Gasteiger partial charge on any atom is -0.294 e. The highest BCUT2D eigenvalue weighted by molar-refractivity contribution is 5.96. The van der Waals surface area contributed by atoms with Crippen LogP contribution in [0.1, 0.15) is 28.8 Å². The fourth-order valence-corrected chi connectivity index (χ4v) is 2.72. The van der Waals surface area contributed by atoms with E-state index >= 15 is 0 Å². The Bertz CT molecular complexity index is 739. The molecule has 0 aromatic heterocycles. The number of carbonyl (C=O) groups excluding carboxylic acids is 1. The van der Waals surface area contributed by atoms with Crippen molar-refractivity contribution in [3.05, 3.63) is 83.9 Å². The van der Waals surface area contributed by atoms with Crippen molar-refractivity contribution in [2.24, 2.45) is 0 Å². The number of hydrogen-bond donors (Lipinski definition) is 0. The van der Waals surface area contributed by atoms with Crippen molar-refractivity contribution in [1.82, 2.24) is 0 Å². The third-order valence-electron chi connectivity index (χ3n) is 3.83. The van der Waals surface area contributed by atoms with Crippen molar-refractivity contribution in [3.63, 3.8) is 0 Å². The lowest BCUT2D eigenvalue weighted by atomic mass is 9.98. The smallest absolute Gasteiger partial charge is 0.162 e. The van der Waals surface area contributed by atoms with Crippen LogP contribution in [-0.2, 0) is 6.42 Å². The maximum atomic E-state index is 12.1. The Hall–Kier alpha value is -2.41. The Morgan fingerprint density at radius 2 is 1.48 bits per heavy atom. The lowest BCUT2D eigenvalue weighted by molar-refractivity contribution is 0.0980. The highest BCUT2D eigenvalue weighted by Gasteiger charge is 2.06. The highest BCUT2D eigenvalue weighted by atomic mass is 16.1. The van der Waals surface area contributed by atoms with Gasteiger partial charge in [-0.05, 0) is 29.2 Å². The molecule has 0 aliphatic rings. The molecule has 0 saturated carbocycles. The first kappa shape index (κ1) is 13.6. The summed E-state index contributed by atoms with van der Waals surface area (Å²) in [6, 6.07) is 24.4. The molecule has 0 unspecified atom stereocenters. The molecule has 3 aromatic rings. The number of fused-ring (bicyclic) bond motifs is 1. The van der Waals surface area contributed by atoms with Crippen LogP contribution >= 0.6 is 0 Å². The lowest BCUT2D eigenvalue weighted by Gasteiger charge is -2.06. The van der Waals surface area contributed by atoms with Crippen LogP contribution in [0, 0.1) is 0 Å². The molecule has 0 radical (unpaired) electrons. The number of rotatable bonds is 5. The zero-order chi connectivity index (χ0) is 14.5. The van der Waals surface area contributed by atoms with Gasteiger partial charge in [-0.25, -0.2) is 0 Å². The maximum absolute atomic E-state index is 12.1. The quantitative estimate of drug-likeness (QED) is 0.595. The van der Waals surface area contributed by atoms with Crippen LogP contribution in [0.3, 0.4) is 0 Å². The van der Waals surface area contributed by atoms with Gasteiger partial charge in [-0.2, -0.15) is 0 Å². The molecule has 0 heterocycles. The summed E-state index contributed by atoms with van der Waals surface area (Å²) in [6.45, 7) is 0. The predicted molar refractivity (Wildman–Crippen MR) is 87.7 cm³/mol. The fraction of sp³-hybridized carbons (Fsp3) is 0.150. The molecule has 0 aliphatic carbocycles. The van der Waals surface area contributed by atoms with Crippen molar-refractivity contribution >= 4 is 16.6 Å². The normalized spacial score (nSPS) is 10.7. The van der Waals surface area contributed by atoms with Crippen molar-refractivity contribution < 1.29 is 4.79 Å². The molecule has 3 aromatic carbocycles. The number of aryl methyl sites for hydroxylation is 1. The van der Waals surface area contributed by atoms with Gasteiger partial charge in [0.2, 0.25) is 0 Å². The second-order valence-electron chi connectivity index (χ2n) is 5.28. The third kappa shape index (κ3) is 3.19. The van der Waals surface area contributed by atoms with E-state index in [2.05, 4.69) is 42.5 Å². The van der Waals surface area contributed by atoms with E-state index in [-0.39, 0.29) is 5.78 Å². The second-order valence-corrected chi connectivity index (χ2v) is 5.28. The molecule has 0 atom stereocenters. The first-order valence-corrected chi connectivity index (χ1v) is 7.39. The second kappa shape index (κ2) is 6.36. The van der Waals surface area contributed by atoms with Crippen LogP contribution < -0.4 is 0 Å². The van der Waals surface area contributed by atoms with Crippen LogP contribution in [0.4, 0.5) is 0 Å². The first-order chi connectivity index (χ1) is 10.3. The summed E-state index contributed by atoms with van der Waals surface area (Å²) in [5.41, 5.74) is 2.14. The van der Waals surface area contributed by atoms with Crippen molar-refractivity contribution in [2.45, 2.75) is 19.3 Å². The molecule has 1 nitrogen and oxygen atoms in total. The molecular formula is C20H18O. The molecule has 0 aliphatic heterocycles. The van der Waals surface area contributed by atoms with Crippen LogP contribution in [0.25, 0.3) is 10.8 Å². The summed E-state index contributed by atoms with van der Waals surface area (Å²) >= 11 is 0. The summed E-state index contributed by atoms with van der Waals surface area (Å²) < 4.78 is 0. The fourth-order valence-electron chi connectivity index (χ4n) is 2.72. The minimum atomic E-state index is 0.232. The Balaban J connectivity index is 1.66. The molecule has 0 saturated heterocycles. The Labute approximate surface area is 125 Å². The molecule has 1 heteroatoms. The number of carbonyl (C=O) groups is 1. The molecule has 0 amide bonds. The van der Waals surface area contributed by atoms with Gasteiger partial charge in [-0.1, -0.05) is 72.8 Å². The zero-order valence-corrected chi connectivity index (χ0v) is 12.0. The minimum absolute atomic E-state index is 0.232. The number of Topliss-reactive ketones (excluding diaryl/α,β-unsaturated/α-hetero) is 1. The molecule has 0 spiro atoms. The average Bonchev–Trinajstić information content (AvgIpc) is 2.56. The Morgan fingerprint density at radius 3 is 2.33 bits per heavy atom. The predicted octanol–water partition coefficient (Wildman–Crippen LogP) is 5.05. The molecule has 0 N–H and O–H groups in total. The van der Waals surface area contributed by atoms with Gasteiger partial charge >= 0.3 is 0 Å². The van der Waals surface area contributed by atoms with Crippen molar-refractivity contribution in [2.75, 3.05) is 0 Å². The summed E-state index contributed by atoms with van der Waals surface area (Å²) in [4.78, 5) is 12.1. The maximum Gasteiger partial charge on any atom is 0.162 e. The number of benzene rings is 3. The van der Waals surface area contributed by atoms with Crippen LogP contribution in [0.5, 0.6) is 0 Å². The Morgan fingerprint density at radius 1 is 0.762 bits per heavy atom. The molecular weight excluding hydrogens is 256 g/mol. The van der Waals surface area contributed by atoms with Crippen molar-refractivity contribution in [3.8, 4) is 0 Å². The van der Waals surface area contributed by atoms with E-state index in [1.54, 1.807) is 0 Å². The van der Waals surface area contributed by atoms with E-state index in [0.29, 0.717) is 6.42 Å². The van der Waals surface area contributed by atoms with Crippen molar-refractivity contribution in [1.29, 1.82) is 0 Å². The van der Waals surface area contributed by atoms with E-state index in [1.807, 2.05) is 30.3 Å². The largest absolute Gasteiger partial charge is 0.294 e. The SMILES string of the molecule is O=C(CCCc1cccc2ccccc12)c1ccccc1. The van der Waals surface area contributed by atoms with Gasteiger partial charge in [0.1, 0.15) is 0 Å². The van der Waals surface area contributed by atoms with Gasteiger partial charge in [-0.3, -0.25) is 4.79 Å². The summed E-state index contributed by atoms with van der Waals surface area (Å²) in [6.07, 6.45) is 2.44. The van der Waals surface area contributed by atoms with Crippen LogP contribution in [0.2, 0.25) is 0 Å². The molecule has 3 rings (SSSR count).